The summed E-state index contributed by atoms with van der Waals surface area (Å²) in [5.41, 5.74) is 0.900. The second-order valence-electron chi connectivity index (χ2n) is 5.47. The molecule has 1 saturated carbocycles. The molecule has 3 rings (SSSR count). The van der Waals surface area contributed by atoms with Crippen molar-refractivity contribution in [2.75, 3.05) is 0 Å². The zero-order valence-corrected chi connectivity index (χ0v) is 11.9. The minimum absolute atomic E-state index is 0.267. The second-order valence-corrected chi connectivity index (χ2v) is 5.47. The van der Waals surface area contributed by atoms with Crippen molar-refractivity contribution >= 4 is 0 Å². The lowest BCUT2D eigenvalue weighted by molar-refractivity contribution is 0.129. The van der Waals surface area contributed by atoms with E-state index in [1.54, 1.807) is 11.0 Å². The van der Waals surface area contributed by atoms with Crippen LogP contribution in [0, 0.1) is 12.8 Å². The van der Waals surface area contributed by atoms with E-state index in [-0.39, 0.29) is 6.10 Å². The Balaban J connectivity index is 1.79. The largest absolute Gasteiger partial charge is 0.474 e. The summed E-state index contributed by atoms with van der Waals surface area (Å²) >= 11 is 0. The highest BCUT2D eigenvalue weighted by Crippen LogP contribution is 2.28. The molecule has 0 spiro atoms. The van der Waals surface area contributed by atoms with Crippen LogP contribution < -0.4 is 4.74 Å². The van der Waals surface area contributed by atoms with Gasteiger partial charge in [-0.05, 0) is 38.5 Å². The van der Waals surface area contributed by atoms with Gasteiger partial charge >= 0.3 is 0 Å². The number of aromatic nitrogens is 5. The van der Waals surface area contributed by atoms with E-state index in [1.807, 2.05) is 6.92 Å². The third-order valence-electron chi connectivity index (χ3n) is 3.89. The summed E-state index contributed by atoms with van der Waals surface area (Å²) in [4.78, 5) is 12.5. The van der Waals surface area contributed by atoms with E-state index in [0.29, 0.717) is 5.88 Å². The van der Waals surface area contributed by atoms with E-state index < -0.39 is 0 Å². The van der Waals surface area contributed by atoms with Gasteiger partial charge in [-0.25, -0.2) is 19.6 Å². The van der Waals surface area contributed by atoms with Gasteiger partial charge in [0.1, 0.15) is 25.1 Å². The smallest absolute Gasteiger partial charge is 0.221 e. The van der Waals surface area contributed by atoms with E-state index in [1.165, 1.54) is 25.5 Å². The minimum atomic E-state index is 0.267. The average molecular weight is 273 g/mol. The third kappa shape index (κ3) is 2.64. The highest BCUT2D eigenvalue weighted by molar-refractivity contribution is 5.37. The number of hydrogen-bond acceptors (Lipinski definition) is 5. The van der Waals surface area contributed by atoms with E-state index in [0.717, 1.165) is 30.1 Å². The number of rotatable bonds is 3. The molecule has 0 radical (unpaired) electrons. The number of hydrogen-bond donors (Lipinski definition) is 0. The quantitative estimate of drug-likeness (QED) is 0.858. The van der Waals surface area contributed by atoms with Crippen LogP contribution in [0.3, 0.4) is 0 Å². The Morgan fingerprint density at radius 2 is 1.95 bits per heavy atom. The summed E-state index contributed by atoms with van der Waals surface area (Å²) in [7, 11) is 0. The molecule has 2 aromatic heterocycles. The van der Waals surface area contributed by atoms with Gasteiger partial charge in [-0.3, -0.25) is 0 Å². The van der Waals surface area contributed by atoms with Crippen molar-refractivity contribution in [3.05, 3.63) is 24.5 Å². The summed E-state index contributed by atoms with van der Waals surface area (Å²) in [6.45, 7) is 4.26. The molecule has 1 fully saturated rings. The maximum absolute atomic E-state index is 6.06. The predicted molar refractivity (Wildman–Crippen MR) is 73.7 cm³/mol. The molecule has 2 aromatic rings. The molecular formula is C14H19N5O. The molecule has 0 unspecified atom stereocenters. The van der Waals surface area contributed by atoms with Crippen LogP contribution in [0.4, 0.5) is 0 Å². The normalized spacial score (nSPS) is 22.7. The fourth-order valence-electron chi connectivity index (χ4n) is 2.60. The van der Waals surface area contributed by atoms with Crippen LogP contribution in [0.1, 0.15) is 38.2 Å². The van der Waals surface area contributed by atoms with Crippen LogP contribution in [0.5, 0.6) is 5.88 Å². The third-order valence-corrected chi connectivity index (χ3v) is 3.89. The summed E-state index contributed by atoms with van der Waals surface area (Å²) in [5.74, 6) is 2.19. The Kier molecular flexibility index (Phi) is 3.62. The molecule has 6 heteroatoms. The molecule has 0 amide bonds. The topological polar surface area (TPSA) is 65.7 Å². The standard InChI is InChI=1S/C14H19N5O/c1-10-3-5-12(6-4-10)20-14-11(2)13(16-8-17-14)19-9-15-7-18-19/h7-10,12H,3-6H2,1-2H3. The van der Waals surface area contributed by atoms with Gasteiger partial charge in [0, 0.05) is 0 Å². The van der Waals surface area contributed by atoms with E-state index >= 15 is 0 Å². The molecule has 6 nitrogen and oxygen atoms in total. The van der Waals surface area contributed by atoms with Gasteiger partial charge in [-0.15, -0.1) is 0 Å². The predicted octanol–water partition coefficient (Wildman–Crippen LogP) is 2.32. The van der Waals surface area contributed by atoms with Gasteiger partial charge < -0.3 is 4.74 Å². The lowest BCUT2D eigenvalue weighted by atomic mass is 9.89. The fraction of sp³-hybridized carbons (Fsp3) is 0.571. The van der Waals surface area contributed by atoms with Crippen molar-refractivity contribution in [3.63, 3.8) is 0 Å². The molecule has 0 aromatic carbocycles. The van der Waals surface area contributed by atoms with Gasteiger partial charge in [0.15, 0.2) is 5.82 Å². The Hall–Kier alpha value is -1.98. The fourth-order valence-corrected chi connectivity index (χ4v) is 2.60. The molecule has 0 N–H and O–H groups in total. The first kappa shape index (κ1) is 13.0. The van der Waals surface area contributed by atoms with Gasteiger partial charge in [0.2, 0.25) is 5.88 Å². The van der Waals surface area contributed by atoms with Crippen molar-refractivity contribution in [1.29, 1.82) is 0 Å². The lowest BCUT2D eigenvalue weighted by Gasteiger charge is -2.27. The van der Waals surface area contributed by atoms with Gasteiger partial charge in [-0.2, -0.15) is 5.10 Å². The lowest BCUT2D eigenvalue weighted by Crippen LogP contribution is -2.24. The molecule has 2 heterocycles. The molecule has 106 valence electrons. The molecule has 1 aliphatic rings. The number of nitrogens with zero attached hydrogens (tertiary/aromatic N) is 5. The van der Waals surface area contributed by atoms with Crippen molar-refractivity contribution in [3.8, 4) is 11.7 Å². The summed E-state index contributed by atoms with van der Waals surface area (Å²) in [5, 5.41) is 4.10. The minimum Gasteiger partial charge on any atom is -0.474 e. The van der Waals surface area contributed by atoms with Crippen molar-refractivity contribution < 1.29 is 4.74 Å². The molecule has 0 bridgehead atoms. The van der Waals surface area contributed by atoms with E-state index in [9.17, 15) is 0 Å². The van der Waals surface area contributed by atoms with Gasteiger partial charge in [0.25, 0.3) is 0 Å². The summed E-state index contributed by atoms with van der Waals surface area (Å²) in [6.07, 6.45) is 9.56. The SMILES string of the molecule is Cc1c(OC2CCC(C)CC2)ncnc1-n1cncn1. The Morgan fingerprint density at radius 3 is 2.65 bits per heavy atom. The van der Waals surface area contributed by atoms with E-state index in [4.69, 9.17) is 4.74 Å². The van der Waals surface area contributed by atoms with Crippen LogP contribution in [0.2, 0.25) is 0 Å². The van der Waals surface area contributed by atoms with Crippen LogP contribution in [-0.2, 0) is 0 Å². The van der Waals surface area contributed by atoms with Crippen LogP contribution in [-0.4, -0.2) is 30.8 Å². The summed E-state index contributed by atoms with van der Waals surface area (Å²) in [6, 6.07) is 0. The first-order valence-electron chi connectivity index (χ1n) is 7.07. The molecule has 0 saturated heterocycles. The first-order valence-corrected chi connectivity index (χ1v) is 7.07. The van der Waals surface area contributed by atoms with Gasteiger partial charge in [0.05, 0.1) is 5.56 Å². The average Bonchev–Trinajstić information content (AvgIpc) is 2.97. The van der Waals surface area contributed by atoms with E-state index in [2.05, 4.69) is 27.0 Å². The second kappa shape index (κ2) is 5.56. The van der Waals surface area contributed by atoms with Crippen molar-refractivity contribution in [2.24, 2.45) is 5.92 Å². The molecule has 20 heavy (non-hydrogen) atoms. The van der Waals surface area contributed by atoms with Crippen molar-refractivity contribution in [1.82, 2.24) is 24.7 Å². The molecule has 1 aliphatic carbocycles. The highest BCUT2D eigenvalue weighted by Gasteiger charge is 2.21. The van der Waals surface area contributed by atoms with Crippen LogP contribution in [0.25, 0.3) is 5.82 Å². The Bertz CT molecular complexity index is 561. The zero-order chi connectivity index (χ0) is 13.9. The zero-order valence-electron chi connectivity index (χ0n) is 11.9. The molecule has 0 aliphatic heterocycles. The maximum atomic E-state index is 6.06. The Morgan fingerprint density at radius 1 is 1.15 bits per heavy atom. The number of ether oxygens (including phenoxy) is 1. The monoisotopic (exact) mass is 273 g/mol. The highest BCUT2D eigenvalue weighted by atomic mass is 16.5. The van der Waals surface area contributed by atoms with Crippen LogP contribution in [0.15, 0.2) is 19.0 Å². The maximum Gasteiger partial charge on any atom is 0.221 e. The van der Waals surface area contributed by atoms with Gasteiger partial charge in [-0.1, -0.05) is 6.92 Å². The van der Waals surface area contributed by atoms with Crippen molar-refractivity contribution in [2.45, 2.75) is 45.6 Å². The first-order chi connectivity index (χ1) is 9.74. The summed E-state index contributed by atoms with van der Waals surface area (Å²) < 4.78 is 7.69. The molecular weight excluding hydrogens is 254 g/mol. The Labute approximate surface area is 118 Å². The van der Waals surface area contributed by atoms with Crippen LogP contribution >= 0.6 is 0 Å². The molecule has 0 atom stereocenters.